The molecular formula is C22H37N2O11PS2. The van der Waals surface area contributed by atoms with Crippen LogP contribution in [0.5, 0.6) is 0 Å². The first-order valence-electron chi connectivity index (χ1n) is 12.1. The summed E-state index contributed by atoms with van der Waals surface area (Å²) in [6.07, 6.45) is -1.73. The largest absolute Gasteiger partial charge is 0.472 e. The number of phosphoric acid groups is 1. The van der Waals surface area contributed by atoms with Crippen LogP contribution in [0.1, 0.15) is 52.3 Å². The van der Waals surface area contributed by atoms with Crippen LogP contribution in [0.3, 0.4) is 0 Å². The molecule has 0 radical (unpaired) electrons. The first-order chi connectivity index (χ1) is 17.9. The number of aromatic amines is 1. The van der Waals surface area contributed by atoms with Gasteiger partial charge in [0.05, 0.1) is 26.4 Å². The first-order valence-corrected chi connectivity index (χ1v) is 16.0. The molecule has 1 saturated heterocycles. The molecule has 0 saturated carbocycles. The maximum atomic E-state index is 12.9. The quantitative estimate of drug-likeness (QED) is 0.0829. The SMILES string of the molecule is CCOC(=O)C(CC)(COCSSC(C)C)COP(=O)(O)OC1C[C@H](n2cc(C)c(=O)[nH]c2=O)O[C@@H]1CO. The van der Waals surface area contributed by atoms with Crippen molar-refractivity contribution >= 4 is 35.4 Å². The van der Waals surface area contributed by atoms with Crippen molar-refractivity contribution in [3.05, 3.63) is 32.6 Å². The molecule has 1 aromatic heterocycles. The highest BCUT2D eigenvalue weighted by molar-refractivity contribution is 8.76. The van der Waals surface area contributed by atoms with Crippen molar-refractivity contribution in [1.29, 1.82) is 0 Å². The highest BCUT2D eigenvalue weighted by Gasteiger charge is 2.45. The van der Waals surface area contributed by atoms with Gasteiger partial charge in [0.15, 0.2) is 0 Å². The Balaban J connectivity index is 2.10. The van der Waals surface area contributed by atoms with E-state index in [1.807, 2.05) is 13.8 Å². The van der Waals surface area contributed by atoms with Crippen LogP contribution in [0.2, 0.25) is 0 Å². The van der Waals surface area contributed by atoms with E-state index in [1.54, 1.807) is 24.6 Å². The molecule has 13 nitrogen and oxygen atoms in total. The second kappa shape index (κ2) is 15.0. The van der Waals surface area contributed by atoms with Crippen LogP contribution in [-0.2, 0) is 32.6 Å². The van der Waals surface area contributed by atoms with E-state index in [0.29, 0.717) is 11.2 Å². The van der Waals surface area contributed by atoms with Crippen LogP contribution in [-0.4, -0.2) is 75.3 Å². The molecule has 2 rings (SSSR count). The number of rotatable bonds is 16. The van der Waals surface area contributed by atoms with Crippen LogP contribution in [0.25, 0.3) is 0 Å². The third kappa shape index (κ3) is 9.20. The normalized spacial score (nSPS) is 22.8. The van der Waals surface area contributed by atoms with Gasteiger partial charge < -0.3 is 24.2 Å². The Morgan fingerprint density at radius 2 is 2.05 bits per heavy atom. The first kappa shape index (κ1) is 33.0. The van der Waals surface area contributed by atoms with Crippen molar-refractivity contribution < 1.29 is 42.6 Å². The molecule has 2 heterocycles. The predicted molar refractivity (Wildman–Crippen MR) is 143 cm³/mol. The molecule has 3 N–H and O–H groups in total. The number of nitrogens with zero attached hydrogens (tertiary/aromatic N) is 1. The summed E-state index contributed by atoms with van der Waals surface area (Å²) >= 11 is 0. The van der Waals surface area contributed by atoms with Gasteiger partial charge in [-0.05, 0) is 20.3 Å². The number of aryl methyl sites for hydroxylation is 1. The lowest BCUT2D eigenvalue weighted by molar-refractivity contribution is -0.162. The Morgan fingerprint density at radius 1 is 1.34 bits per heavy atom. The number of aliphatic hydroxyl groups excluding tert-OH is 1. The maximum absolute atomic E-state index is 12.9. The minimum atomic E-state index is -4.77. The maximum Gasteiger partial charge on any atom is 0.472 e. The zero-order valence-corrected chi connectivity index (χ0v) is 24.6. The fraction of sp³-hybridized carbons (Fsp3) is 0.773. The van der Waals surface area contributed by atoms with E-state index in [0.717, 1.165) is 4.57 Å². The minimum absolute atomic E-state index is 0.0881. The summed E-state index contributed by atoms with van der Waals surface area (Å²) < 4.78 is 41.1. The number of esters is 1. The molecule has 0 aromatic carbocycles. The monoisotopic (exact) mass is 600 g/mol. The molecule has 3 unspecified atom stereocenters. The zero-order chi connectivity index (χ0) is 28.5. The number of hydrogen-bond donors (Lipinski definition) is 3. The van der Waals surface area contributed by atoms with Gasteiger partial charge >= 0.3 is 19.5 Å². The van der Waals surface area contributed by atoms with E-state index >= 15 is 0 Å². The zero-order valence-electron chi connectivity index (χ0n) is 22.1. The van der Waals surface area contributed by atoms with Gasteiger partial charge in [0.2, 0.25) is 0 Å². The molecule has 1 fully saturated rings. The lowest BCUT2D eigenvalue weighted by atomic mass is 9.87. The molecule has 218 valence electrons. The van der Waals surface area contributed by atoms with Crippen LogP contribution < -0.4 is 11.2 Å². The summed E-state index contributed by atoms with van der Waals surface area (Å²) in [5.41, 5.74) is -2.38. The predicted octanol–water partition coefficient (Wildman–Crippen LogP) is 2.35. The Morgan fingerprint density at radius 3 is 2.66 bits per heavy atom. The van der Waals surface area contributed by atoms with Gasteiger partial charge in [-0.3, -0.25) is 28.2 Å². The van der Waals surface area contributed by atoms with Crippen molar-refractivity contribution in [3.63, 3.8) is 0 Å². The van der Waals surface area contributed by atoms with E-state index < -0.39 is 62.1 Å². The Labute approximate surface area is 228 Å². The second-order valence-corrected chi connectivity index (χ2v) is 13.3. The Hall–Kier alpha value is -1.16. The van der Waals surface area contributed by atoms with Crippen LogP contribution in [0.4, 0.5) is 0 Å². The lowest BCUT2D eigenvalue weighted by Crippen LogP contribution is -2.41. The van der Waals surface area contributed by atoms with Crippen LogP contribution in [0.15, 0.2) is 15.8 Å². The van der Waals surface area contributed by atoms with Gasteiger partial charge in [-0.25, -0.2) is 9.36 Å². The van der Waals surface area contributed by atoms with Gasteiger partial charge in [-0.1, -0.05) is 42.4 Å². The molecule has 0 bridgehead atoms. The standard InChI is InChI=1S/C22H37N2O11PS2/c1-6-22(20(27)32-7-2,11-31-13-37-38-14(3)4)12-33-36(29,30)35-16-8-18(34-17(16)10-25)24-9-15(5)19(26)23-21(24)28/h9,14,16-18,25H,6-8,10-13H2,1-5H3,(H,29,30)(H,23,26,28)/t16?,17-,18-,22?/m1/s1. The lowest BCUT2D eigenvalue weighted by Gasteiger charge is -2.30. The Kier molecular flexibility index (Phi) is 13.1. The highest BCUT2D eigenvalue weighted by Crippen LogP contribution is 2.49. The molecule has 38 heavy (non-hydrogen) atoms. The van der Waals surface area contributed by atoms with Crippen molar-refractivity contribution in [2.75, 3.05) is 32.4 Å². The minimum Gasteiger partial charge on any atom is -0.465 e. The number of nitrogens with one attached hydrogen (secondary N) is 1. The number of hydrogen-bond acceptors (Lipinski definition) is 12. The van der Waals surface area contributed by atoms with Gasteiger partial charge in [0.1, 0.15) is 29.8 Å². The third-order valence-corrected chi connectivity index (χ3v) is 9.37. The van der Waals surface area contributed by atoms with Gasteiger partial charge in [-0.2, -0.15) is 0 Å². The average molecular weight is 601 g/mol. The third-order valence-electron chi connectivity index (χ3n) is 5.74. The molecule has 1 aliphatic rings. The van der Waals surface area contributed by atoms with Crippen molar-refractivity contribution in [2.45, 2.75) is 71.1 Å². The molecular weight excluding hydrogens is 563 g/mol. The molecule has 1 aromatic rings. The van der Waals surface area contributed by atoms with Gasteiger partial charge in [0, 0.05) is 23.4 Å². The molecule has 1 aliphatic heterocycles. The summed E-state index contributed by atoms with van der Waals surface area (Å²) in [6, 6.07) is 0. The van der Waals surface area contributed by atoms with E-state index in [2.05, 4.69) is 4.98 Å². The van der Waals surface area contributed by atoms with E-state index in [9.17, 15) is 28.9 Å². The number of carbonyl (C=O) groups is 1. The summed E-state index contributed by atoms with van der Waals surface area (Å²) in [5.74, 6) is -0.339. The van der Waals surface area contributed by atoms with E-state index in [1.165, 1.54) is 23.9 Å². The molecule has 0 aliphatic carbocycles. The number of H-pyrrole nitrogens is 1. The number of ether oxygens (including phenoxy) is 3. The molecule has 0 spiro atoms. The summed E-state index contributed by atoms with van der Waals surface area (Å²) in [6.45, 7) is 7.87. The van der Waals surface area contributed by atoms with E-state index in [4.69, 9.17) is 23.3 Å². The number of aromatic nitrogens is 2. The van der Waals surface area contributed by atoms with E-state index in [-0.39, 0.29) is 31.6 Å². The fourth-order valence-corrected chi connectivity index (χ4v) is 6.28. The topological polar surface area (TPSA) is 176 Å². The van der Waals surface area contributed by atoms with Gasteiger partial charge in [0.25, 0.3) is 5.56 Å². The number of aliphatic hydroxyl groups is 1. The average Bonchev–Trinajstić information content (AvgIpc) is 3.24. The molecule has 5 atom stereocenters. The number of carbonyl (C=O) groups excluding carboxylic acids is 1. The van der Waals surface area contributed by atoms with Crippen molar-refractivity contribution in [3.8, 4) is 0 Å². The van der Waals surface area contributed by atoms with Gasteiger partial charge in [-0.15, -0.1) is 0 Å². The fourth-order valence-electron chi connectivity index (χ4n) is 3.58. The smallest absolute Gasteiger partial charge is 0.465 e. The summed E-state index contributed by atoms with van der Waals surface area (Å²) in [4.78, 5) is 49.3. The highest BCUT2D eigenvalue weighted by atomic mass is 33.1. The summed E-state index contributed by atoms with van der Waals surface area (Å²) in [5, 5.41) is 10.1. The van der Waals surface area contributed by atoms with Crippen molar-refractivity contribution in [1.82, 2.24) is 9.55 Å². The van der Waals surface area contributed by atoms with Crippen molar-refractivity contribution in [2.24, 2.45) is 5.41 Å². The number of phosphoric ester groups is 1. The Bertz CT molecular complexity index is 1080. The second-order valence-electron chi connectivity index (χ2n) is 9.00. The molecule has 0 amide bonds. The van der Waals surface area contributed by atoms with Crippen LogP contribution in [0, 0.1) is 12.3 Å². The summed E-state index contributed by atoms with van der Waals surface area (Å²) in [7, 11) is -1.68. The van der Waals surface area contributed by atoms with Crippen LogP contribution >= 0.6 is 29.4 Å². The molecule has 16 heteroatoms.